The third-order valence-electron chi connectivity index (χ3n) is 5.83. The standard InChI is InChI=1S/C24H22F2N3O5P/c1-16(34-35(32,27-10-11-27)28-12-13-28)18-4-9-23(29(30)31)24(14-18)33-20-6-2-17(3-7-20)21-8-5-19(25)15-22(21)26/h2-9,14-16H,10-13H2,1H3. The fraction of sp³-hybridized carbons (Fsp3) is 0.250. The molecule has 11 heteroatoms. The fourth-order valence-corrected chi connectivity index (χ4v) is 6.09. The third-order valence-corrected chi connectivity index (χ3v) is 8.65. The lowest BCUT2D eigenvalue weighted by Crippen LogP contribution is -2.10. The predicted octanol–water partition coefficient (Wildman–Crippen LogP) is 6.15. The molecule has 5 rings (SSSR count). The van der Waals surface area contributed by atoms with Gasteiger partial charge < -0.3 is 4.74 Å². The first-order chi connectivity index (χ1) is 16.7. The summed E-state index contributed by atoms with van der Waals surface area (Å²) in [6, 6.07) is 14.0. The number of halogens is 2. The second-order valence-electron chi connectivity index (χ2n) is 8.38. The Morgan fingerprint density at radius 1 is 0.971 bits per heavy atom. The van der Waals surface area contributed by atoms with Gasteiger partial charge in [0.1, 0.15) is 17.4 Å². The van der Waals surface area contributed by atoms with Gasteiger partial charge >= 0.3 is 13.4 Å². The highest BCUT2D eigenvalue weighted by atomic mass is 31.2. The molecule has 0 amide bonds. The Labute approximate surface area is 200 Å². The average Bonchev–Trinajstić information content (AvgIpc) is 3.71. The van der Waals surface area contributed by atoms with Crippen LogP contribution in [-0.4, -0.2) is 40.4 Å². The zero-order valence-electron chi connectivity index (χ0n) is 18.8. The lowest BCUT2D eigenvalue weighted by Gasteiger charge is -2.24. The van der Waals surface area contributed by atoms with Crippen molar-refractivity contribution >= 4 is 13.4 Å². The van der Waals surface area contributed by atoms with Gasteiger partial charge in [-0.15, -0.1) is 0 Å². The van der Waals surface area contributed by atoms with Crippen molar-refractivity contribution < 1.29 is 27.5 Å². The number of benzene rings is 3. The van der Waals surface area contributed by atoms with Crippen LogP contribution >= 0.6 is 7.67 Å². The van der Waals surface area contributed by atoms with Crippen LogP contribution < -0.4 is 4.74 Å². The van der Waals surface area contributed by atoms with Crippen molar-refractivity contribution in [3.63, 3.8) is 0 Å². The first-order valence-electron chi connectivity index (χ1n) is 11.1. The van der Waals surface area contributed by atoms with E-state index < -0.39 is 30.3 Å². The van der Waals surface area contributed by atoms with Crippen LogP contribution in [0.25, 0.3) is 11.1 Å². The van der Waals surface area contributed by atoms with Crippen LogP contribution in [-0.2, 0) is 9.09 Å². The lowest BCUT2D eigenvalue weighted by molar-refractivity contribution is -0.385. The van der Waals surface area contributed by atoms with E-state index in [-0.39, 0.29) is 17.0 Å². The first-order valence-corrected chi connectivity index (χ1v) is 12.6. The molecule has 2 aliphatic heterocycles. The monoisotopic (exact) mass is 501 g/mol. The Morgan fingerprint density at radius 3 is 2.20 bits per heavy atom. The van der Waals surface area contributed by atoms with Gasteiger partial charge in [-0.1, -0.05) is 12.1 Å². The van der Waals surface area contributed by atoms with Crippen LogP contribution in [0.3, 0.4) is 0 Å². The Hall–Kier alpha value is -3.17. The number of nitrogens with zero attached hydrogens (tertiary/aromatic N) is 3. The first kappa shape index (κ1) is 23.6. The van der Waals surface area contributed by atoms with Crippen molar-refractivity contribution in [1.29, 1.82) is 0 Å². The van der Waals surface area contributed by atoms with Crippen molar-refractivity contribution in [3.05, 3.63) is 88.0 Å². The Bertz CT molecular complexity index is 1310. The summed E-state index contributed by atoms with van der Waals surface area (Å²) in [7, 11) is -3.08. The second kappa shape index (κ2) is 9.13. The van der Waals surface area contributed by atoms with E-state index in [0.29, 0.717) is 43.1 Å². The van der Waals surface area contributed by atoms with Crippen LogP contribution in [0, 0.1) is 21.7 Å². The normalized spacial score (nSPS) is 16.7. The van der Waals surface area contributed by atoms with Gasteiger partial charge in [-0.05, 0) is 54.4 Å². The molecule has 8 nitrogen and oxygen atoms in total. The van der Waals surface area contributed by atoms with Gasteiger partial charge in [0.25, 0.3) is 0 Å². The molecule has 0 bridgehead atoms. The molecule has 2 heterocycles. The van der Waals surface area contributed by atoms with E-state index in [4.69, 9.17) is 9.26 Å². The molecule has 0 aliphatic carbocycles. The molecule has 0 aromatic heterocycles. The number of nitro benzene ring substituents is 1. The van der Waals surface area contributed by atoms with Gasteiger partial charge in [0.2, 0.25) is 5.75 Å². The van der Waals surface area contributed by atoms with Crippen LogP contribution in [0.1, 0.15) is 18.6 Å². The van der Waals surface area contributed by atoms with Crippen LogP contribution in [0.2, 0.25) is 0 Å². The maximum Gasteiger partial charge on any atom is 0.346 e. The molecule has 3 aromatic carbocycles. The van der Waals surface area contributed by atoms with E-state index in [1.165, 1.54) is 24.3 Å². The van der Waals surface area contributed by atoms with Crippen LogP contribution in [0.4, 0.5) is 14.5 Å². The maximum absolute atomic E-state index is 14.1. The van der Waals surface area contributed by atoms with Crippen molar-refractivity contribution in [3.8, 4) is 22.6 Å². The number of hydrogen-bond acceptors (Lipinski definition) is 5. The highest BCUT2D eigenvalue weighted by Crippen LogP contribution is 2.63. The van der Waals surface area contributed by atoms with Crippen molar-refractivity contribution in [2.75, 3.05) is 26.2 Å². The summed E-state index contributed by atoms with van der Waals surface area (Å²) in [5, 5.41) is 11.6. The molecular weight excluding hydrogens is 479 g/mol. The molecule has 0 saturated carbocycles. The van der Waals surface area contributed by atoms with E-state index in [0.717, 1.165) is 6.07 Å². The van der Waals surface area contributed by atoms with Gasteiger partial charge in [0.05, 0.1) is 11.0 Å². The fourth-order valence-electron chi connectivity index (χ4n) is 3.74. The molecule has 2 saturated heterocycles. The number of hydrogen-bond donors (Lipinski definition) is 0. The molecule has 35 heavy (non-hydrogen) atoms. The number of ether oxygens (including phenoxy) is 1. The van der Waals surface area contributed by atoms with Crippen molar-refractivity contribution in [1.82, 2.24) is 9.34 Å². The van der Waals surface area contributed by atoms with Gasteiger partial charge in [-0.2, -0.15) is 0 Å². The SMILES string of the molecule is CC(OP(=O)(N1CC1)N1CC1)c1ccc([N+](=O)[O-])c(Oc2ccc(-c3ccc(F)cc3F)cc2)c1. The Kier molecular flexibility index (Phi) is 6.14. The average molecular weight is 501 g/mol. The van der Waals surface area contributed by atoms with Gasteiger partial charge in [-0.3, -0.25) is 19.2 Å². The summed E-state index contributed by atoms with van der Waals surface area (Å²) in [5.74, 6) is -1.07. The van der Waals surface area contributed by atoms with Crippen molar-refractivity contribution in [2.45, 2.75) is 13.0 Å². The summed E-state index contributed by atoms with van der Waals surface area (Å²) in [6.45, 7) is 4.61. The molecule has 1 unspecified atom stereocenters. The quantitative estimate of drug-likeness (QED) is 0.151. The summed E-state index contributed by atoms with van der Waals surface area (Å²) in [5.41, 5.74) is 1.06. The molecule has 0 radical (unpaired) electrons. The molecule has 2 fully saturated rings. The number of nitro groups is 1. The van der Waals surface area contributed by atoms with Gasteiger partial charge in [0.15, 0.2) is 0 Å². The zero-order chi connectivity index (χ0) is 24.7. The molecule has 0 spiro atoms. The van der Waals surface area contributed by atoms with Crippen LogP contribution in [0.15, 0.2) is 60.7 Å². The third kappa shape index (κ3) is 4.97. The molecule has 182 valence electrons. The minimum Gasteiger partial charge on any atom is -0.450 e. The summed E-state index contributed by atoms with van der Waals surface area (Å²) >= 11 is 0. The Balaban J connectivity index is 1.38. The van der Waals surface area contributed by atoms with E-state index in [1.807, 2.05) is 0 Å². The minimum absolute atomic E-state index is 0.00282. The lowest BCUT2D eigenvalue weighted by atomic mass is 10.0. The minimum atomic E-state index is -3.08. The molecule has 1 atom stereocenters. The largest absolute Gasteiger partial charge is 0.450 e. The molecular formula is C24H22F2N3O5P. The topological polar surface area (TPSA) is 84.7 Å². The molecule has 2 aliphatic rings. The van der Waals surface area contributed by atoms with Gasteiger partial charge in [-0.25, -0.2) is 18.1 Å². The van der Waals surface area contributed by atoms with E-state index >= 15 is 0 Å². The highest BCUT2D eigenvalue weighted by molar-refractivity contribution is 7.54. The zero-order valence-corrected chi connectivity index (χ0v) is 19.7. The summed E-state index contributed by atoms with van der Waals surface area (Å²) in [6.07, 6.45) is -0.589. The van der Waals surface area contributed by atoms with Gasteiger partial charge in [0, 0.05) is 43.9 Å². The molecule has 3 aromatic rings. The van der Waals surface area contributed by atoms with E-state index in [9.17, 15) is 23.5 Å². The smallest absolute Gasteiger partial charge is 0.346 e. The number of rotatable bonds is 9. The molecule has 0 N–H and O–H groups in total. The highest BCUT2D eigenvalue weighted by Gasteiger charge is 2.50. The summed E-state index contributed by atoms with van der Waals surface area (Å²) in [4.78, 5) is 11.0. The maximum atomic E-state index is 14.1. The van der Waals surface area contributed by atoms with Crippen LogP contribution in [0.5, 0.6) is 11.5 Å². The Morgan fingerprint density at radius 2 is 1.63 bits per heavy atom. The second-order valence-corrected chi connectivity index (χ2v) is 10.7. The summed E-state index contributed by atoms with van der Waals surface area (Å²) < 4.78 is 56.0. The van der Waals surface area contributed by atoms with E-state index in [2.05, 4.69) is 0 Å². The van der Waals surface area contributed by atoms with Crippen molar-refractivity contribution in [2.24, 2.45) is 0 Å². The van der Waals surface area contributed by atoms with E-state index in [1.54, 1.807) is 46.6 Å². The predicted molar refractivity (Wildman–Crippen MR) is 125 cm³/mol.